The topological polar surface area (TPSA) is 86.1 Å². The summed E-state index contributed by atoms with van der Waals surface area (Å²) in [5, 5.41) is 11.3. The summed E-state index contributed by atoms with van der Waals surface area (Å²) in [5.41, 5.74) is -1.95. The molecule has 1 aromatic rings. The van der Waals surface area contributed by atoms with Crippen LogP contribution in [0.2, 0.25) is 0 Å². The minimum atomic E-state index is -4.68. The molecule has 6 nitrogen and oxygen atoms in total. The van der Waals surface area contributed by atoms with Crippen LogP contribution in [0.5, 0.6) is 0 Å². The lowest BCUT2D eigenvalue weighted by Gasteiger charge is -2.13. The van der Waals surface area contributed by atoms with E-state index in [9.17, 15) is 22.8 Å². The predicted molar refractivity (Wildman–Crippen MR) is 63.8 cm³/mol. The lowest BCUT2D eigenvalue weighted by atomic mass is 10.2. The van der Waals surface area contributed by atoms with Gasteiger partial charge in [0.1, 0.15) is 17.9 Å². The Morgan fingerprint density at radius 1 is 1.43 bits per heavy atom. The second-order valence-electron chi connectivity index (χ2n) is 4.39. The number of hydrogen-bond donors (Lipinski definition) is 1. The molecule has 0 aromatic carbocycles. The summed E-state index contributed by atoms with van der Waals surface area (Å²) < 4.78 is 37.9. The lowest BCUT2D eigenvalue weighted by Crippen LogP contribution is -2.32. The van der Waals surface area contributed by atoms with Crippen molar-refractivity contribution in [2.24, 2.45) is 0 Å². The van der Waals surface area contributed by atoms with Gasteiger partial charge in [0.05, 0.1) is 12.0 Å². The highest BCUT2D eigenvalue weighted by Gasteiger charge is 2.37. The van der Waals surface area contributed by atoms with Crippen molar-refractivity contribution in [3.63, 3.8) is 0 Å². The lowest BCUT2D eigenvalue weighted by molar-refractivity contribution is -0.138. The van der Waals surface area contributed by atoms with Crippen molar-refractivity contribution in [3.05, 3.63) is 23.4 Å². The Bertz CT molecular complexity index is 651. The van der Waals surface area contributed by atoms with Crippen LogP contribution in [0.3, 0.4) is 0 Å². The molecule has 1 aromatic heterocycles. The molecular formula is C12H9F3N4O2. The Labute approximate surface area is 117 Å². The van der Waals surface area contributed by atoms with Crippen LogP contribution >= 0.6 is 0 Å². The molecule has 1 aliphatic heterocycles. The fourth-order valence-electron chi connectivity index (χ4n) is 1.90. The number of carbonyl (C=O) groups excluding carboxylic acids is 2. The zero-order valence-electron chi connectivity index (χ0n) is 10.7. The normalized spacial score (nSPS) is 18.8. The summed E-state index contributed by atoms with van der Waals surface area (Å²) in [7, 11) is 1.31. The summed E-state index contributed by atoms with van der Waals surface area (Å²) in [5.74, 6) is -0.967. The molecule has 0 bridgehead atoms. The Kier molecular flexibility index (Phi) is 3.55. The van der Waals surface area contributed by atoms with Crippen molar-refractivity contribution >= 4 is 17.6 Å². The molecule has 2 amide bonds. The number of carbonyl (C=O) groups is 2. The summed E-state index contributed by atoms with van der Waals surface area (Å²) in [6.45, 7) is 0. The largest absolute Gasteiger partial charge is 0.419 e. The van der Waals surface area contributed by atoms with Crippen molar-refractivity contribution in [1.29, 1.82) is 5.26 Å². The molecule has 21 heavy (non-hydrogen) atoms. The van der Waals surface area contributed by atoms with Crippen LogP contribution in [-0.4, -0.2) is 34.8 Å². The first kappa shape index (κ1) is 14.8. The molecule has 0 spiro atoms. The van der Waals surface area contributed by atoms with E-state index in [2.05, 4.69) is 10.3 Å². The number of imide groups is 1. The quantitative estimate of drug-likeness (QED) is 0.827. The smallest absolute Gasteiger partial charge is 0.358 e. The number of nitrogens with zero attached hydrogens (tertiary/aromatic N) is 3. The maximum Gasteiger partial charge on any atom is 0.419 e. The number of alkyl halides is 3. The van der Waals surface area contributed by atoms with E-state index in [-0.39, 0.29) is 12.2 Å². The van der Waals surface area contributed by atoms with Gasteiger partial charge in [-0.25, -0.2) is 4.98 Å². The molecule has 1 saturated heterocycles. The van der Waals surface area contributed by atoms with E-state index in [1.54, 1.807) is 0 Å². The number of nitrogens with one attached hydrogen (secondary N) is 1. The van der Waals surface area contributed by atoms with Crippen LogP contribution in [0.15, 0.2) is 12.1 Å². The second kappa shape index (κ2) is 5.05. The van der Waals surface area contributed by atoms with E-state index in [1.807, 2.05) is 0 Å². The van der Waals surface area contributed by atoms with E-state index in [1.165, 1.54) is 13.1 Å². The second-order valence-corrected chi connectivity index (χ2v) is 4.39. The number of likely N-dealkylation sites (N-methyl/N-ethyl adjacent to an activating group) is 1. The number of amides is 2. The number of likely N-dealkylation sites (tertiary alicyclic amines) is 1. The maximum atomic E-state index is 12.6. The molecule has 0 aliphatic carbocycles. The van der Waals surface area contributed by atoms with Crippen molar-refractivity contribution < 1.29 is 22.8 Å². The average Bonchev–Trinajstić information content (AvgIpc) is 2.65. The van der Waals surface area contributed by atoms with Gasteiger partial charge in [0.2, 0.25) is 5.91 Å². The Hall–Kier alpha value is -2.63. The van der Waals surface area contributed by atoms with E-state index < -0.39 is 35.3 Å². The van der Waals surface area contributed by atoms with Gasteiger partial charge in [-0.15, -0.1) is 0 Å². The summed E-state index contributed by atoms with van der Waals surface area (Å²) in [6.07, 6.45) is -4.80. The first-order chi connectivity index (χ1) is 9.74. The number of halogens is 3. The molecular weight excluding hydrogens is 289 g/mol. The zero-order chi connectivity index (χ0) is 15.8. The van der Waals surface area contributed by atoms with Gasteiger partial charge in [-0.1, -0.05) is 0 Å². The molecule has 0 unspecified atom stereocenters. The first-order valence-corrected chi connectivity index (χ1v) is 5.79. The van der Waals surface area contributed by atoms with Gasteiger partial charge in [-0.3, -0.25) is 14.5 Å². The van der Waals surface area contributed by atoms with Crippen molar-refractivity contribution in [1.82, 2.24) is 9.88 Å². The Balaban J connectivity index is 2.26. The molecule has 0 saturated carbocycles. The summed E-state index contributed by atoms with van der Waals surface area (Å²) in [4.78, 5) is 27.5. The average molecular weight is 298 g/mol. The van der Waals surface area contributed by atoms with Crippen LogP contribution in [0.1, 0.15) is 17.7 Å². The van der Waals surface area contributed by atoms with Gasteiger partial charge < -0.3 is 5.32 Å². The number of anilines is 1. The number of rotatable bonds is 2. The standard InChI is InChI=1S/C12H9F3N4O2/c1-19-10(20)4-7(11(19)21)17-9-3-2-6(12(13,14)15)8(5-16)18-9/h2-3,7H,4H2,1H3,(H,17,18)/t7-/m0/s1. The summed E-state index contributed by atoms with van der Waals surface area (Å²) >= 11 is 0. The third-order valence-electron chi connectivity index (χ3n) is 3.01. The first-order valence-electron chi connectivity index (χ1n) is 5.79. The molecule has 1 aliphatic rings. The van der Waals surface area contributed by atoms with Crippen LogP contribution in [0.25, 0.3) is 0 Å². The van der Waals surface area contributed by atoms with Gasteiger partial charge in [0.25, 0.3) is 5.91 Å². The molecule has 110 valence electrons. The monoisotopic (exact) mass is 298 g/mol. The zero-order valence-corrected chi connectivity index (χ0v) is 10.7. The highest BCUT2D eigenvalue weighted by atomic mass is 19.4. The fraction of sp³-hybridized carbons (Fsp3) is 0.333. The highest BCUT2D eigenvalue weighted by Crippen LogP contribution is 2.31. The number of nitriles is 1. The minimum absolute atomic E-state index is 0.0685. The number of hydrogen-bond acceptors (Lipinski definition) is 5. The van der Waals surface area contributed by atoms with Gasteiger partial charge in [0.15, 0.2) is 5.69 Å². The van der Waals surface area contributed by atoms with E-state index in [4.69, 9.17) is 5.26 Å². The van der Waals surface area contributed by atoms with Crippen molar-refractivity contribution in [2.45, 2.75) is 18.6 Å². The van der Waals surface area contributed by atoms with Crippen LogP contribution in [0.4, 0.5) is 19.0 Å². The SMILES string of the molecule is CN1C(=O)C[C@H](Nc2ccc(C(F)(F)F)c(C#N)n2)C1=O. The molecule has 2 rings (SSSR count). The highest BCUT2D eigenvalue weighted by molar-refractivity contribution is 6.06. The van der Waals surface area contributed by atoms with Gasteiger partial charge in [-0.2, -0.15) is 18.4 Å². The maximum absolute atomic E-state index is 12.6. The third kappa shape index (κ3) is 2.79. The molecule has 2 heterocycles. The van der Waals surface area contributed by atoms with Crippen LogP contribution in [0, 0.1) is 11.3 Å². The molecule has 1 N–H and O–H groups in total. The number of aromatic nitrogens is 1. The van der Waals surface area contributed by atoms with Gasteiger partial charge in [-0.05, 0) is 12.1 Å². The third-order valence-corrected chi connectivity index (χ3v) is 3.01. The predicted octanol–water partition coefficient (Wildman–Crippen LogP) is 1.14. The van der Waals surface area contributed by atoms with Crippen molar-refractivity contribution in [2.75, 3.05) is 12.4 Å². The van der Waals surface area contributed by atoms with Crippen LogP contribution in [-0.2, 0) is 15.8 Å². The van der Waals surface area contributed by atoms with Gasteiger partial charge >= 0.3 is 6.18 Å². The molecule has 1 atom stereocenters. The summed E-state index contributed by atoms with van der Waals surface area (Å²) in [6, 6.07) is 2.19. The molecule has 0 radical (unpaired) electrons. The van der Waals surface area contributed by atoms with E-state index in [0.29, 0.717) is 6.07 Å². The minimum Gasteiger partial charge on any atom is -0.358 e. The van der Waals surface area contributed by atoms with Gasteiger partial charge in [0, 0.05) is 7.05 Å². The fourth-order valence-corrected chi connectivity index (χ4v) is 1.90. The van der Waals surface area contributed by atoms with E-state index in [0.717, 1.165) is 11.0 Å². The van der Waals surface area contributed by atoms with Crippen LogP contribution < -0.4 is 5.32 Å². The van der Waals surface area contributed by atoms with E-state index >= 15 is 0 Å². The molecule has 1 fully saturated rings. The Morgan fingerprint density at radius 3 is 2.57 bits per heavy atom. The molecule has 9 heteroatoms. The number of pyridine rings is 1. The Morgan fingerprint density at radius 2 is 2.10 bits per heavy atom. The van der Waals surface area contributed by atoms with Crippen molar-refractivity contribution in [3.8, 4) is 6.07 Å².